The lowest BCUT2D eigenvalue weighted by molar-refractivity contribution is 0.475. The summed E-state index contributed by atoms with van der Waals surface area (Å²) >= 11 is 0. The molecule has 0 spiro atoms. The summed E-state index contributed by atoms with van der Waals surface area (Å²) < 4.78 is 32.9. The fourth-order valence-electron chi connectivity index (χ4n) is 2.09. The second-order valence-electron chi connectivity index (χ2n) is 4.94. The van der Waals surface area contributed by atoms with Crippen molar-refractivity contribution in [1.29, 1.82) is 15.8 Å². The van der Waals surface area contributed by atoms with E-state index in [1.54, 1.807) is 18.2 Å². The number of aromatic hydroxyl groups is 1. The Morgan fingerprint density at radius 1 is 0.923 bits per heavy atom. The summed E-state index contributed by atoms with van der Waals surface area (Å²) in [5.74, 6) is 0.0337. The number of hydrogen-bond donors (Lipinski definition) is 3. The van der Waals surface area contributed by atoms with E-state index >= 15 is 0 Å². The molecule has 128 valence electrons. The van der Waals surface area contributed by atoms with Crippen LogP contribution in [0.15, 0.2) is 58.6 Å². The molecule has 0 unspecified atom stereocenters. The lowest BCUT2D eigenvalue weighted by Gasteiger charge is -2.11. The van der Waals surface area contributed by atoms with E-state index < -0.39 is 26.3 Å². The SMILES string of the molecule is N#CC(C#N)=C(C#N)Nc1ccc(-c2ccc(O)cc2)cc1S(=O)(=O)O. The molecule has 0 saturated carbocycles. The Labute approximate surface area is 149 Å². The van der Waals surface area contributed by atoms with Crippen LogP contribution in [-0.2, 0) is 10.1 Å². The molecule has 0 aliphatic heterocycles. The standard InChI is InChI=1S/C17H10N4O4S/c18-8-13(9-19)16(10-20)21-15-6-3-12(7-17(15)26(23,24)25)11-1-4-14(22)5-2-11/h1-7,21-22H,(H,23,24,25). The number of rotatable bonds is 4. The van der Waals surface area contributed by atoms with E-state index in [-0.39, 0.29) is 11.4 Å². The Balaban J connectivity index is 2.61. The van der Waals surface area contributed by atoms with Crippen molar-refractivity contribution in [2.24, 2.45) is 0 Å². The molecule has 26 heavy (non-hydrogen) atoms. The Bertz CT molecular complexity index is 1100. The van der Waals surface area contributed by atoms with Crippen molar-refractivity contribution in [2.75, 3.05) is 5.32 Å². The van der Waals surface area contributed by atoms with Crippen LogP contribution < -0.4 is 5.32 Å². The van der Waals surface area contributed by atoms with Gasteiger partial charge in [-0.25, -0.2) is 0 Å². The molecule has 9 heteroatoms. The number of nitrogens with zero attached hydrogens (tertiary/aromatic N) is 3. The van der Waals surface area contributed by atoms with Crippen LogP contribution in [0.2, 0.25) is 0 Å². The lowest BCUT2D eigenvalue weighted by atomic mass is 10.1. The average molecular weight is 366 g/mol. The maximum Gasteiger partial charge on any atom is 0.296 e. The molecule has 0 aliphatic carbocycles. The molecule has 0 saturated heterocycles. The van der Waals surface area contributed by atoms with E-state index in [4.69, 9.17) is 15.8 Å². The highest BCUT2D eigenvalue weighted by molar-refractivity contribution is 7.86. The van der Waals surface area contributed by atoms with Gasteiger partial charge in [0.1, 0.15) is 34.5 Å². The number of allylic oxidation sites excluding steroid dienone is 2. The molecule has 2 rings (SSSR count). The molecule has 2 aromatic carbocycles. The molecule has 2 aromatic rings. The summed E-state index contributed by atoms with van der Waals surface area (Å²) in [6.07, 6.45) is 0. The molecule has 0 radical (unpaired) electrons. The molecule has 0 amide bonds. The van der Waals surface area contributed by atoms with Gasteiger partial charge in [0.05, 0.1) is 5.69 Å². The molecule has 0 aromatic heterocycles. The molecule has 0 heterocycles. The Kier molecular flexibility index (Phi) is 5.24. The molecular weight excluding hydrogens is 356 g/mol. The maximum atomic E-state index is 11.7. The van der Waals surface area contributed by atoms with Gasteiger partial charge < -0.3 is 10.4 Å². The number of phenolic OH excluding ortho intramolecular Hbond substituents is 1. The van der Waals surface area contributed by atoms with Crippen LogP contribution in [0.3, 0.4) is 0 Å². The highest BCUT2D eigenvalue weighted by Crippen LogP contribution is 2.30. The van der Waals surface area contributed by atoms with Crippen LogP contribution in [0, 0.1) is 34.0 Å². The van der Waals surface area contributed by atoms with Gasteiger partial charge >= 0.3 is 0 Å². The minimum Gasteiger partial charge on any atom is -0.508 e. The smallest absolute Gasteiger partial charge is 0.296 e. The Morgan fingerprint density at radius 2 is 1.50 bits per heavy atom. The monoisotopic (exact) mass is 366 g/mol. The molecule has 8 nitrogen and oxygen atoms in total. The minimum atomic E-state index is -4.67. The van der Waals surface area contributed by atoms with Crippen molar-refractivity contribution in [3.05, 3.63) is 53.7 Å². The second kappa shape index (κ2) is 7.37. The van der Waals surface area contributed by atoms with Gasteiger partial charge in [0.25, 0.3) is 10.1 Å². The number of hydrogen-bond acceptors (Lipinski definition) is 7. The van der Waals surface area contributed by atoms with E-state index in [1.165, 1.54) is 36.4 Å². The summed E-state index contributed by atoms with van der Waals surface area (Å²) in [7, 11) is -4.67. The van der Waals surface area contributed by atoms with Crippen molar-refractivity contribution in [3.63, 3.8) is 0 Å². The maximum absolute atomic E-state index is 11.7. The summed E-state index contributed by atoms with van der Waals surface area (Å²) in [5.41, 5.74) is -0.153. The third-order valence-corrected chi connectivity index (χ3v) is 4.20. The van der Waals surface area contributed by atoms with Gasteiger partial charge in [-0.05, 0) is 35.4 Å². The average Bonchev–Trinajstić information content (AvgIpc) is 2.61. The first-order valence-corrected chi connectivity index (χ1v) is 8.36. The predicted octanol–water partition coefficient (Wildman–Crippen LogP) is 2.54. The van der Waals surface area contributed by atoms with Crippen LogP contribution in [-0.4, -0.2) is 18.1 Å². The summed E-state index contributed by atoms with van der Waals surface area (Å²) in [6, 6.07) is 14.5. The zero-order valence-electron chi connectivity index (χ0n) is 13.0. The fourth-order valence-corrected chi connectivity index (χ4v) is 2.76. The highest BCUT2D eigenvalue weighted by atomic mass is 32.2. The van der Waals surface area contributed by atoms with Crippen LogP contribution in [0.1, 0.15) is 0 Å². The summed E-state index contributed by atoms with van der Waals surface area (Å²) in [5, 5.41) is 38.5. The van der Waals surface area contributed by atoms with Crippen molar-refractivity contribution < 1.29 is 18.1 Å². The van der Waals surface area contributed by atoms with Gasteiger partial charge in [0.15, 0.2) is 5.57 Å². The van der Waals surface area contributed by atoms with Crippen LogP contribution in [0.4, 0.5) is 5.69 Å². The number of nitriles is 3. The zero-order valence-corrected chi connectivity index (χ0v) is 13.8. The minimum absolute atomic E-state index is 0.0337. The summed E-state index contributed by atoms with van der Waals surface area (Å²) in [6.45, 7) is 0. The van der Waals surface area contributed by atoms with Gasteiger partial charge in [-0.3, -0.25) is 4.55 Å². The van der Waals surface area contributed by atoms with Gasteiger partial charge in [0, 0.05) is 0 Å². The van der Waals surface area contributed by atoms with Crippen molar-refractivity contribution in [1.82, 2.24) is 0 Å². The first-order chi connectivity index (χ1) is 12.3. The number of nitrogens with one attached hydrogen (secondary N) is 1. The second-order valence-corrected chi connectivity index (χ2v) is 6.33. The van der Waals surface area contributed by atoms with E-state index in [1.807, 2.05) is 0 Å². The van der Waals surface area contributed by atoms with Gasteiger partial charge in [-0.15, -0.1) is 0 Å². The first kappa shape index (κ1) is 18.5. The van der Waals surface area contributed by atoms with Crippen LogP contribution in [0.25, 0.3) is 11.1 Å². The van der Waals surface area contributed by atoms with Gasteiger partial charge in [-0.2, -0.15) is 24.2 Å². The summed E-state index contributed by atoms with van der Waals surface area (Å²) in [4.78, 5) is -0.536. The highest BCUT2D eigenvalue weighted by Gasteiger charge is 2.19. The Hall–Kier alpha value is -3.84. The molecule has 0 bridgehead atoms. The van der Waals surface area contributed by atoms with Crippen LogP contribution in [0.5, 0.6) is 5.75 Å². The largest absolute Gasteiger partial charge is 0.508 e. The molecular formula is C17H10N4O4S. The Morgan fingerprint density at radius 3 is 2.00 bits per heavy atom. The van der Waals surface area contributed by atoms with E-state index in [0.717, 1.165) is 6.07 Å². The van der Waals surface area contributed by atoms with Gasteiger partial charge in [-0.1, -0.05) is 18.2 Å². The third kappa shape index (κ3) is 3.97. The number of benzene rings is 2. The van der Waals surface area contributed by atoms with Gasteiger partial charge in [0.2, 0.25) is 0 Å². The van der Waals surface area contributed by atoms with E-state index in [0.29, 0.717) is 11.1 Å². The molecule has 0 fully saturated rings. The first-order valence-electron chi connectivity index (χ1n) is 6.92. The van der Waals surface area contributed by atoms with Crippen molar-refractivity contribution >= 4 is 15.8 Å². The molecule has 0 atom stereocenters. The van der Waals surface area contributed by atoms with E-state index in [9.17, 15) is 18.1 Å². The van der Waals surface area contributed by atoms with E-state index in [2.05, 4.69) is 5.32 Å². The number of phenols is 1. The molecule has 0 aliphatic rings. The van der Waals surface area contributed by atoms with Crippen molar-refractivity contribution in [3.8, 4) is 35.1 Å². The number of anilines is 1. The van der Waals surface area contributed by atoms with Crippen LogP contribution >= 0.6 is 0 Å². The normalized spacial score (nSPS) is 10.1. The predicted molar refractivity (Wildman–Crippen MR) is 90.8 cm³/mol. The van der Waals surface area contributed by atoms with Crippen molar-refractivity contribution in [2.45, 2.75) is 4.90 Å². The third-order valence-electron chi connectivity index (χ3n) is 3.31. The zero-order chi connectivity index (χ0) is 19.3. The molecule has 3 N–H and O–H groups in total. The quantitative estimate of drug-likeness (QED) is 0.550. The fraction of sp³-hybridized carbons (Fsp3) is 0. The topological polar surface area (TPSA) is 158 Å². The lowest BCUT2D eigenvalue weighted by Crippen LogP contribution is -2.07.